The van der Waals surface area contributed by atoms with Crippen LogP contribution in [0, 0.1) is 0 Å². The van der Waals surface area contributed by atoms with Crippen molar-refractivity contribution < 1.29 is 9.59 Å². The molecule has 1 aromatic carbocycles. The lowest BCUT2D eigenvalue weighted by atomic mass is 10.2. The number of nitrogens with zero attached hydrogens (tertiary/aromatic N) is 1. The van der Waals surface area contributed by atoms with Gasteiger partial charge >= 0.3 is 0 Å². The van der Waals surface area contributed by atoms with Crippen LogP contribution in [-0.2, 0) is 0 Å². The number of aromatic nitrogens is 1. The van der Waals surface area contributed by atoms with Crippen LogP contribution in [0.3, 0.4) is 0 Å². The van der Waals surface area contributed by atoms with E-state index < -0.39 is 11.8 Å². The molecule has 0 saturated heterocycles. The molecule has 2 amide bonds. The molecule has 0 saturated carbocycles. The Hall–Kier alpha value is -2.49. The average Bonchev–Trinajstić information content (AvgIpc) is 2.40. The Labute approximate surface area is 98.3 Å². The van der Waals surface area contributed by atoms with Crippen LogP contribution < -0.4 is 5.32 Å². The van der Waals surface area contributed by atoms with Gasteiger partial charge in [0.05, 0.1) is 5.56 Å². The van der Waals surface area contributed by atoms with Gasteiger partial charge < -0.3 is 0 Å². The minimum Gasteiger partial charge on any atom is -0.288 e. The molecule has 4 heteroatoms. The molecule has 1 aromatic heterocycles. The topological polar surface area (TPSA) is 59.1 Å². The standard InChI is InChI=1S/C13H10N2O2/c16-12(10-5-2-1-3-6-10)15-13(17)11-7-4-8-14-9-11/h1-9H,(H,15,16,17). The second-order valence-electron chi connectivity index (χ2n) is 3.39. The summed E-state index contributed by atoms with van der Waals surface area (Å²) >= 11 is 0. The number of hydrogen-bond acceptors (Lipinski definition) is 3. The third-order valence-electron chi connectivity index (χ3n) is 2.19. The van der Waals surface area contributed by atoms with E-state index in [0.717, 1.165) is 0 Å². The highest BCUT2D eigenvalue weighted by Gasteiger charge is 2.11. The Kier molecular flexibility index (Phi) is 3.25. The van der Waals surface area contributed by atoms with E-state index in [1.54, 1.807) is 48.7 Å². The number of amides is 2. The molecule has 1 heterocycles. The van der Waals surface area contributed by atoms with Crippen molar-refractivity contribution in [3.63, 3.8) is 0 Å². The maximum Gasteiger partial charge on any atom is 0.259 e. The molecule has 0 bridgehead atoms. The molecular formula is C13H10N2O2. The van der Waals surface area contributed by atoms with E-state index in [1.165, 1.54) is 6.20 Å². The minimum absolute atomic E-state index is 0.358. The summed E-state index contributed by atoms with van der Waals surface area (Å²) in [7, 11) is 0. The number of pyridine rings is 1. The summed E-state index contributed by atoms with van der Waals surface area (Å²) in [6, 6.07) is 11.8. The van der Waals surface area contributed by atoms with Gasteiger partial charge in [0.1, 0.15) is 0 Å². The number of nitrogens with one attached hydrogen (secondary N) is 1. The van der Waals surface area contributed by atoms with Gasteiger partial charge in [-0.25, -0.2) is 0 Å². The first-order valence-electron chi connectivity index (χ1n) is 5.08. The van der Waals surface area contributed by atoms with Crippen molar-refractivity contribution in [2.45, 2.75) is 0 Å². The number of benzene rings is 1. The first-order valence-corrected chi connectivity index (χ1v) is 5.08. The van der Waals surface area contributed by atoms with E-state index in [0.29, 0.717) is 11.1 Å². The Bertz CT molecular complexity index is 474. The summed E-state index contributed by atoms with van der Waals surface area (Å²) in [6.45, 7) is 0. The summed E-state index contributed by atoms with van der Waals surface area (Å²) in [4.78, 5) is 27.1. The van der Waals surface area contributed by atoms with Gasteiger partial charge in [-0.05, 0) is 24.3 Å². The fraction of sp³-hybridized carbons (Fsp3) is 0. The van der Waals surface area contributed by atoms with Crippen LogP contribution >= 0.6 is 0 Å². The minimum atomic E-state index is -0.452. The predicted molar refractivity (Wildman–Crippen MR) is 62.5 cm³/mol. The summed E-state index contributed by atoms with van der Waals surface area (Å²) in [5, 5.41) is 2.29. The van der Waals surface area contributed by atoms with Crippen LogP contribution in [0.1, 0.15) is 20.7 Å². The van der Waals surface area contributed by atoms with Crippen LogP contribution in [0.5, 0.6) is 0 Å². The molecule has 2 aromatic rings. The van der Waals surface area contributed by atoms with Gasteiger partial charge in [0, 0.05) is 18.0 Å². The van der Waals surface area contributed by atoms with E-state index in [2.05, 4.69) is 10.3 Å². The Balaban J connectivity index is 2.08. The lowest BCUT2D eigenvalue weighted by Crippen LogP contribution is -2.30. The largest absolute Gasteiger partial charge is 0.288 e. The molecule has 84 valence electrons. The second kappa shape index (κ2) is 5.03. The molecule has 1 N–H and O–H groups in total. The average molecular weight is 226 g/mol. The summed E-state index contributed by atoms with van der Waals surface area (Å²) in [5.74, 6) is -0.869. The van der Waals surface area contributed by atoms with E-state index in [9.17, 15) is 9.59 Å². The van der Waals surface area contributed by atoms with Crippen molar-refractivity contribution in [3.05, 3.63) is 66.0 Å². The van der Waals surface area contributed by atoms with Crippen molar-refractivity contribution >= 4 is 11.8 Å². The highest BCUT2D eigenvalue weighted by atomic mass is 16.2. The third kappa shape index (κ3) is 2.75. The van der Waals surface area contributed by atoms with Gasteiger partial charge in [-0.1, -0.05) is 18.2 Å². The zero-order valence-corrected chi connectivity index (χ0v) is 8.96. The lowest BCUT2D eigenvalue weighted by Gasteiger charge is -2.03. The van der Waals surface area contributed by atoms with Crippen LogP contribution in [0.15, 0.2) is 54.9 Å². The van der Waals surface area contributed by atoms with Gasteiger partial charge in [0.25, 0.3) is 11.8 Å². The highest BCUT2D eigenvalue weighted by molar-refractivity contribution is 6.10. The van der Waals surface area contributed by atoms with Gasteiger partial charge in [0.15, 0.2) is 0 Å². The Morgan fingerprint density at radius 3 is 2.18 bits per heavy atom. The third-order valence-corrected chi connectivity index (χ3v) is 2.19. The fourth-order valence-electron chi connectivity index (χ4n) is 1.33. The van der Waals surface area contributed by atoms with Gasteiger partial charge in [-0.3, -0.25) is 19.9 Å². The van der Waals surface area contributed by atoms with Crippen LogP contribution in [0.25, 0.3) is 0 Å². The maximum absolute atomic E-state index is 11.7. The fourth-order valence-corrected chi connectivity index (χ4v) is 1.33. The summed E-state index contributed by atoms with van der Waals surface area (Å²) < 4.78 is 0. The number of rotatable bonds is 2. The molecule has 0 aliphatic heterocycles. The van der Waals surface area contributed by atoms with Gasteiger partial charge in [-0.2, -0.15) is 0 Å². The Morgan fingerprint density at radius 1 is 0.882 bits per heavy atom. The van der Waals surface area contributed by atoms with Crippen molar-refractivity contribution in [1.82, 2.24) is 10.3 Å². The molecule has 4 nitrogen and oxygen atoms in total. The summed E-state index contributed by atoms with van der Waals surface area (Å²) in [6.07, 6.45) is 2.98. The molecule has 0 aliphatic carbocycles. The van der Waals surface area contributed by atoms with Crippen molar-refractivity contribution in [2.75, 3.05) is 0 Å². The first kappa shape index (κ1) is 11.0. The zero-order chi connectivity index (χ0) is 12.1. The molecule has 0 fully saturated rings. The van der Waals surface area contributed by atoms with E-state index in [1.807, 2.05) is 0 Å². The number of carbonyl (C=O) groups is 2. The first-order chi connectivity index (χ1) is 8.27. The molecule has 17 heavy (non-hydrogen) atoms. The quantitative estimate of drug-likeness (QED) is 0.792. The molecule has 0 spiro atoms. The number of hydrogen-bond donors (Lipinski definition) is 1. The van der Waals surface area contributed by atoms with E-state index >= 15 is 0 Å². The summed E-state index contributed by atoms with van der Waals surface area (Å²) in [5.41, 5.74) is 0.807. The van der Waals surface area contributed by atoms with Crippen LogP contribution in [0.4, 0.5) is 0 Å². The maximum atomic E-state index is 11.7. The number of carbonyl (C=O) groups excluding carboxylic acids is 2. The Morgan fingerprint density at radius 2 is 1.53 bits per heavy atom. The van der Waals surface area contributed by atoms with Gasteiger partial charge in [0.2, 0.25) is 0 Å². The van der Waals surface area contributed by atoms with Crippen molar-refractivity contribution in [1.29, 1.82) is 0 Å². The van der Waals surface area contributed by atoms with Gasteiger partial charge in [-0.15, -0.1) is 0 Å². The molecule has 0 atom stereocenters. The van der Waals surface area contributed by atoms with E-state index in [-0.39, 0.29) is 0 Å². The predicted octanol–water partition coefficient (Wildman–Crippen LogP) is 1.65. The molecular weight excluding hydrogens is 216 g/mol. The molecule has 0 aliphatic rings. The molecule has 0 unspecified atom stereocenters. The van der Waals surface area contributed by atoms with Crippen LogP contribution in [0.2, 0.25) is 0 Å². The molecule has 0 radical (unpaired) electrons. The number of imide groups is 1. The van der Waals surface area contributed by atoms with Crippen LogP contribution in [-0.4, -0.2) is 16.8 Å². The SMILES string of the molecule is O=C(NC(=O)c1cccnc1)c1ccccc1. The molecule has 2 rings (SSSR count). The lowest BCUT2D eigenvalue weighted by molar-refractivity contribution is 0.0849. The van der Waals surface area contributed by atoms with E-state index in [4.69, 9.17) is 0 Å². The normalized spacial score (nSPS) is 9.65. The zero-order valence-electron chi connectivity index (χ0n) is 8.96. The highest BCUT2D eigenvalue weighted by Crippen LogP contribution is 2.00. The second-order valence-corrected chi connectivity index (χ2v) is 3.39. The van der Waals surface area contributed by atoms with Crippen molar-refractivity contribution in [3.8, 4) is 0 Å². The smallest absolute Gasteiger partial charge is 0.259 e. The monoisotopic (exact) mass is 226 g/mol. The van der Waals surface area contributed by atoms with Crippen molar-refractivity contribution in [2.24, 2.45) is 0 Å².